The summed E-state index contributed by atoms with van der Waals surface area (Å²) in [5.74, 6) is 0.0957. The summed E-state index contributed by atoms with van der Waals surface area (Å²) in [6.07, 6.45) is 0. The van der Waals surface area contributed by atoms with Gasteiger partial charge >= 0.3 is 0 Å². The van der Waals surface area contributed by atoms with Crippen LogP contribution in [0.2, 0.25) is 0 Å². The Hall–Kier alpha value is -1.59. The Morgan fingerprint density at radius 3 is 2.09 bits per heavy atom. The van der Waals surface area contributed by atoms with E-state index in [1.807, 2.05) is 20.8 Å². The second-order valence-corrected chi connectivity index (χ2v) is 5.11. The van der Waals surface area contributed by atoms with Crippen molar-refractivity contribution in [3.05, 3.63) is 35.4 Å². The summed E-state index contributed by atoms with van der Waals surface area (Å²) >= 11 is 0. The normalized spacial score (nSPS) is 11.3. The first kappa shape index (κ1) is 20.4. The van der Waals surface area contributed by atoms with Crippen LogP contribution in [-0.4, -0.2) is 42.9 Å². The van der Waals surface area contributed by atoms with Gasteiger partial charge in [-0.1, -0.05) is 6.92 Å². The summed E-state index contributed by atoms with van der Waals surface area (Å²) in [7, 11) is 0. The number of halogens is 1. The second-order valence-electron chi connectivity index (χ2n) is 5.11. The predicted octanol–water partition coefficient (Wildman–Crippen LogP) is 1.92. The van der Waals surface area contributed by atoms with E-state index in [2.05, 4.69) is 5.32 Å². The Morgan fingerprint density at radius 2 is 1.64 bits per heavy atom. The summed E-state index contributed by atoms with van der Waals surface area (Å²) in [5.41, 5.74) is 6.66. The maximum atomic E-state index is 12.2. The van der Waals surface area contributed by atoms with E-state index in [4.69, 9.17) is 5.73 Å². The SMILES string of the molecule is CCN(CC)C(=O)c1ccc(C(=O)NCC(C)CN)cc1.Cl. The summed E-state index contributed by atoms with van der Waals surface area (Å²) in [6, 6.07) is 6.75. The first-order valence-corrected chi connectivity index (χ1v) is 7.41. The van der Waals surface area contributed by atoms with Crippen molar-refractivity contribution in [1.29, 1.82) is 0 Å². The molecule has 0 saturated carbocycles. The number of nitrogens with one attached hydrogen (secondary N) is 1. The van der Waals surface area contributed by atoms with Gasteiger partial charge in [-0.2, -0.15) is 0 Å². The lowest BCUT2D eigenvalue weighted by Crippen LogP contribution is -2.32. The molecule has 0 aromatic heterocycles. The highest BCUT2D eigenvalue weighted by atomic mass is 35.5. The molecule has 1 aromatic rings. The topological polar surface area (TPSA) is 75.4 Å². The Kier molecular flexibility index (Phi) is 9.45. The third-order valence-corrected chi connectivity index (χ3v) is 3.46. The number of amides is 2. The van der Waals surface area contributed by atoms with Gasteiger partial charge in [0.05, 0.1) is 0 Å². The lowest BCUT2D eigenvalue weighted by atomic mass is 10.1. The van der Waals surface area contributed by atoms with Crippen LogP contribution < -0.4 is 11.1 Å². The van der Waals surface area contributed by atoms with Crippen LogP contribution in [0.4, 0.5) is 0 Å². The number of hydrogen-bond acceptors (Lipinski definition) is 3. The molecule has 0 spiro atoms. The third kappa shape index (κ3) is 5.66. The van der Waals surface area contributed by atoms with Gasteiger partial charge in [0.15, 0.2) is 0 Å². The highest BCUT2D eigenvalue weighted by Crippen LogP contribution is 2.08. The van der Waals surface area contributed by atoms with E-state index < -0.39 is 0 Å². The molecule has 22 heavy (non-hydrogen) atoms. The minimum atomic E-state index is -0.142. The molecule has 0 aliphatic rings. The van der Waals surface area contributed by atoms with E-state index in [1.54, 1.807) is 29.2 Å². The molecule has 1 rings (SSSR count). The van der Waals surface area contributed by atoms with Crippen LogP contribution in [0.25, 0.3) is 0 Å². The van der Waals surface area contributed by atoms with Crippen LogP contribution in [0.1, 0.15) is 41.5 Å². The smallest absolute Gasteiger partial charge is 0.253 e. The largest absolute Gasteiger partial charge is 0.352 e. The molecule has 0 radical (unpaired) electrons. The Balaban J connectivity index is 0.00000441. The molecule has 124 valence electrons. The number of carbonyl (C=O) groups excluding carboxylic acids is 2. The van der Waals surface area contributed by atoms with E-state index in [9.17, 15) is 9.59 Å². The predicted molar refractivity (Wildman–Crippen MR) is 91.5 cm³/mol. The standard InChI is InChI=1S/C16H25N3O2.ClH/c1-4-19(5-2)16(21)14-8-6-13(7-9-14)15(20)18-11-12(3)10-17;/h6-9,12H,4-5,10-11,17H2,1-3H3,(H,18,20);1H. The van der Waals surface area contributed by atoms with E-state index in [0.717, 1.165) is 0 Å². The molecule has 1 aromatic carbocycles. The van der Waals surface area contributed by atoms with Crippen LogP contribution in [-0.2, 0) is 0 Å². The van der Waals surface area contributed by atoms with Crippen LogP contribution in [0.3, 0.4) is 0 Å². The quantitative estimate of drug-likeness (QED) is 0.803. The highest BCUT2D eigenvalue weighted by Gasteiger charge is 2.13. The average molecular weight is 328 g/mol. The molecule has 6 heteroatoms. The van der Waals surface area contributed by atoms with Crippen molar-refractivity contribution in [1.82, 2.24) is 10.2 Å². The number of hydrogen-bond donors (Lipinski definition) is 2. The fourth-order valence-corrected chi connectivity index (χ4v) is 1.91. The van der Waals surface area contributed by atoms with Crippen molar-refractivity contribution in [2.45, 2.75) is 20.8 Å². The number of nitrogens with two attached hydrogens (primary N) is 1. The molecule has 1 atom stereocenters. The molecule has 2 amide bonds. The van der Waals surface area contributed by atoms with Crippen LogP contribution in [0, 0.1) is 5.92 Å². The number of nitrogens with zero attached hydrogens (tertiary/aromatic N) is 1. The summed E-state index contributed by atoms with van der Waals surface area (Å²) in [4.78, 5) is 25.8. The highest BCUT2D eigenvalue weighted by molar-refractivity contribution is 5.97. The van der Waals surface area contributed by atoms with Gasteiger partial charge in [0.1, 0.15) is 0 Å². The van der Waals surface area contributed by atoms with Crippen molar-refractivity contribution in [3.63, 3.8) is 0 Å². The molecule has 1 unspecified atom stereocenters. The van der Waals surface area contributed by atoms with E-state index in [0.29, 0.717) is 37.3 Å². The summed E-state index contributed by atoms with van der Waals surface area (Å²) in [5, 5.41) is 2.83. The van der Waals surface area contributed by atoms with Gasteiger partial charge in [-0.3, -0.25) is 9.59 Å². The zero-order chi connectivity index (χ0) is 15.8. The van der Waals surface area contributed by atoms with Crippen molar-refractivity contribution in [2.24, 2.45) is 11.7 Å². The molecule has 3 N–H and O–H groups in total. The fourth-order valence-electron chi connectivity index (χ4n) is 1.91. The minimum absolute atomic E-state index is 0. The van der Waals surface area contributed by atoms with E-state index in [1.165, 1.54) is 0 Å². The molecule has 0 saturated heterocycles. The maximum absolute atomic E-state index is 12.2. The van der Waals surface area contributed by atoms with Gasteiger partial charge in [0.2, 0.25) is 0 Å². The molecule has 0 aliphatic heterocycles. The lowest BCUT2D eigenvalue weighted by Gasteiger charge is -2.18. The van der Waals surface area contributed by atoms with Gasteiger partial charge < -0.3 is 16.0 Å². The second kappa shape index (κ2) is 10.2. The van der Waals surface area contributed by atoms with Gasteiger partial charge in [-0.15, -0.1) is 12.4 Å². The van der Waals surface area contributed by atoms with Gasteiger partial charge in [-0.25, -0.2) is 0 Å². The van der Waals surface area contributed by atoms with Crippen molar-refractivity contribution in [3.8, 4) is 0 Å². The molecular formula is C16H26ClN3O2. The van der Waals surface area contributed by atoms with E-state index >= 15 is 0 Å². The Bertz CT molecular complexity index is 473. The first-order chi connectivity index (χ1) is 10.0. The average Bonchev–Trinajstić information content (AvgIpc) is 2.53. The molecule has 0 heterocycles. The Morgan fingerprint density at radius 1 is 1.14 bits per heavy atom. The first-order valence-electron chi connectivity index (χ1n) is 7.41. The number of carbonyl (C=O) groups is 2. The van der Waals surface area contributed by atoms with Gasteiger partial charge in [0, 0.05) is 30.8 Å². The van der Waals surface area contributed by atoms with Crippen LogP contribution in [0.5, 0.6) is 0 Å². The number of benzene rings is 1. The van der Waals surface area contributed by atoms with Crippen molar-refractivity contribution in [2.75, 3.05) is 26.2 Å². The van der Waals surface area contributed by atoms with Crippen molar-refractivity contribution < 1.29 is 9.59 Å². The Labute approximate surface area is 138 Å². The molecule has 0 bridgehead atoms. The molecule has 5 nitrogen and oxygen atoms in total. The van der Waals surface area contributed by atoms with Crippen LogP contribution in [0.15, 0.2) is 24.3 Å². The lowest BCUT2D eigenvalue weighted by molar-refractivity contribution is 0.0772. The number of rotatable bonds is 7. The fraction of sp³-hybridized carbons (Fsp3) is 0.500. The van der Waals surface area contributed by atoms with Crippen LogP contribution >= 0.6 is 12.4 Å². The summed E-state index contributed by atoms with van der Waals surface area (Å²) in [6.45, 7) is 8.31. The zero-order valence-electron chi connectivity index (χ0n) is 13.5. The molecular weight excluding hydrogens is 302 g/mol. The molecule has 0 fully saturated rings. The maximum Gasteiger partial charge on any atom is 0.253 e. The van der Waals surface area contributed by atoms with Crippen molar-refractivity contribution >= 4 is 24.2 Å². The van der Waals surface area contributed by atoms with Gasteiger partial charge in [0.25, 0.3) is 11.8 Å². The van der Waals surface area contributed by atoms with E-state index in [-0.39, 0.29) is 30.1 Å². The summed E-state index contributed by atoms with van der Waals surface area (Å²) < 4.78 is 0. The van der Waals surface area contributed by atoms with Gasteiger partial charge in [-0.05, 0) is 50.6 Å². The zero-order valence-corrected chi connectivity index (χ0v) is 14.3. The monoisotopic (exact) mass is 327 g/mol. The molecule has 0 aliphatic carbocycles. The minimum Gasteiger partial charge on any atom is -0.352 e. The third-order valence-electron chi connectivity index (χ3n) is 3.46.